The molecule has 0 bridgehead atoms. The minimum atomic E-state index is -0.306. The van der Waals surface area contributed by atoms with Crippen LogP contribution in [0.3, 0.4) is 0 Å². The van der Waals surface area contributed by atoms with Crippen LogP contribution in [0.5, 0.6) is 5.75 Å². The third-order valence-electron chi connectivity index (χ3n) is 3.66. The zero-order valence-corrected chi connectivity index (χ0v) is 15.5. The Morgan fingerprint density at radius 3 is 2.38 bits per heavy atom. The molecule has 6 heteroatoms. The third kappa shape index (κ3) is 6.10. The highest BCUT2D eigenvalue weighted by Gasteiger charge is 2.14. The van der Waals surface area contributed by atoms with E-state index in [0.717, 1.165) is 12.8 Å². The van der Waals surface area contributed by atoms with E-state index in [4.69, 9.17) is 4.74 Å². The molecule has 0 heterocycles. The molecule has 0 aliphatic heterocycles. The van der Waals surface area contributed by atoms with Gasteiger partial charge in [0.25, 0.3) is 5.91 Å². The molecule has 0 radical (unpaired) electrons. The number of rotatable bonds is 7. The quantitative estimate of drug-likeness (QED) is 0.803. The zero-order chi connectivity index (χ0) is 18.3. The number of benzene rings is 1. The predicted molar refractivity (Wildman–Crippen MR) is 96.7 cm³/mol. The van der Waals surface area contributed by atoms with Crippen molar-refractivity contribution in [1.29, 1.82) is 0 Å². The van der Waals surface area contributed by atoms with E-state index in [2.05, 4.69) is 24.5 Å². The van der Waals surface area contributed by atoms with E-state index in [-0.39, 0.29) is 18.0 Å². The van der Waals surface area contributed by atoms with Crippen molar-refractivity contribution in [2.75, 3.05) is 26.5 Å². The smallest absolute Gasteiger partial charge is 0.319 e. The highest BCUT2D eigenvalue weighted by Crippen LogP contribution is 2.26. The number of urea groups is 1. The molecular weight excluding hydrogens is 306 g/mol. The standard InChI is InChI=1S/C18H29N3O3/c1-12(2)7-8-13(3)19-18(23)20-15-11-14(17(22)21(4)5)9-10-16(15)24-6/h9-13H,7-8H2,1-6H3,(H2,19,20,23)/t13-/m1/s1. The molecule has 1 rings (SSSR count). The maximum Gasteiger partial charge on any atom is 0.319 e. The molecule has 0 saturated heterocycles. The van der Waals surface area contributed by atoms with Crippen LogP contribution in [0.15, 0.2) is 18.2 Å². The summed E-state index contributed by atoms with van der Waals surface area (Å²) in [6, 6.07) is 4.74. The number of carbonyl (C=O) groups excluding carboxylic acids is 2. The topological polar surface area (TPSA) is 70.7 Å². The van der Waals surface area contributed by atoms with Crippen LogP contribution in [0.25, 0.3) is 0 Å². The Morgan fingerprint density at radius 2 is 1.83 bits per heavy atom. The van der Waals surface area contributed by atoms with Gasteiger partial charge in [0.05, 0.1) is 12.8 Å². The highest BCUT2D eigenvalue weighted by atomic mass is 16.5. The highest BCUT2D eigenvalue weighted by molar-refractivity contribution is 5.97. The summed E-state index contributed by atoms with van der Waals surface area (Å²) in [6.07, 6.45) is 1.97. The maximum absolute atomic E-state index is 12.2. The van der Waals surface area contributed by atoms with E-state index < -0.39 is 0 Å². The van der Waals surface area contributed by atoms with E-state index in [0.29, 0.717) is 22.9 Å². The molecular formula is C18H29N3O3. The second-order valence-corrected chi connectivity index (χ2v) is 6.59. The third-order valence-corrected chi connectivity index (χ3v) is 3.66. The molecule has 134 valence electrons. The van der Waals surface area contributed by atoms with Gasteiger partial charge in [-0.25, -0.2) is 4.79 Å². The van der Waals surface area contributed by atoms with Gasteiger partial charge in [-0.1, -0.05) is 13.8 Å². The lowest BCUT2D eigenvalue weighted by Gasteiger charge is -2.17. The van der Waals surface area contributed by atoms with Crippen LogP contribution in [0.2, 0.25) is 0 Å². The van der Waals surface area contributed by atoms with E-state index >= 15 is 0 Å². The van der Waals surface area contributed by atoms with E-state index in [1.54, 1.807) is 32.3 Å². The van der Waals surface area contributed by atoms with Gasteiger partial charge in [-0.3, -0.25) is 4.79 Å². The average Bonchev–Trinajstić information content (AvgIpc) is 2.51. The summed E-state index contributed by atoms with van der Waals surface area (Å²) < 4.78 is 5.26. The van der Waals surface area contributed by atoms with Crippen molar-refractivity contribution in [1.82, 2.24) is 10.2 Å². The van der Waals surface area contributed by atoms with Gasteiger partial charge in [0.1, 0.15) is 5.75 Å². The molecule has 1 aromatic rings. The Balaban J connectivity index is 2.79. The van der Waals surface area contributed by atoms with Crippen molar-refractivity contribution < 1.29 is 14.3 Å². The van der Waals surface area contributed by atoms with Crippen molar-refractivity contribution in [3.05, 3.63) is 23.8 Å². The van der Waals surface area contributed by atoms with Crippen LogP contribution in [0.1, 0.15) is 44.0 Å². The van der Waals surface area contributed by atoms with Gasteiger partial charge in [0, 0.05) is 25.7 Å². The first kappa shape index (κ1) is 19.8. The second-order valence-electron chi connectivity index (χ2n) is 6.59. The summed E-state index contributed by atoms with van der Waals surface area (Å²) in [4.78, 5) is 25.7. The van der Waals surface area contributed by atoms with Crippen LogP contribution >= 0.6 is 0 Å². The summed E-state index contributed by atoms with van der Waals surface area (Å²) in [5.74, 6) is 0.979. The van der Waals surface area contributed by atoms with Crippen molar-refractivity contribution in [3.63, 3.8) is 0 Å². The molecule has 1 aromatic carbocycles. The van der Waals surface area contributed by atoms with Gasteiger partial charge < -0.3 is 20.3 Å². The first-order valence-electron chi connectivity index (χ1n) is 8.21. The van der Waals surface area contributed by atoms with Crippen LogP contribution in [0.4, 0.5) is 10.5 Å². The molecule has 0 spiro atoms. The fourth-order valence-corrected chi connectivity index (χ4v) is 2.23. The number of amides is 3. The molecule has 3 amide bonds. The van der Waals surface area contributed by atoms with Crippen molar-refractivity contribution >= 4 is 17.6 Å². The van der Waals surface area contributed by atoms with Crippen molar-refractivity contribution in [2.24, 2.45) is 5.92 Å². The van der Waals surface area contributed by atoms with Gasteiger partial charge in [-0.2, -0.15) is 0 Å². The maximum atomic E-state index is 12.2. The van der Waals surface area contributed by atoms with Gasteiger partial charge >= 0.3 is 6.03 Å². The van der Waals surface area contributed by atoms with Gasteiger partial charge in [-0.05, 0) is 43.9 Å². The van der Waals surface area contributed by atoms with Gasteiger partial charge in [0.2, 0.25) is 0 Å². The summed E-state index contributed by atoms with van der Waals surface area (Å²) >= 11 is 0. The van der Waals surface area contributed by atoms with Crippen molar-refractivity contribution in [3.8, 4) is 5.75 Å². The number of hydrogen-bond acceptors (Lipinski definition) is 3. The van der Waals surface area contributed by atoms with Crippen molar-refractivity contribution in [2.45, 2.75) is 39.7 Å². The Morgan fingerprint density at radius 1 is 1.17 bits per heavy atom. The molecule has 0 aliphatic rings. The molecule has 0 aliphatic carbocycles. The fourth-order valence-electron chi connectivity index (χ4n) is 2.23. The minimum absolute atomic E-state index is 0.0741. The van der Waals surface area contributed by atoms with Crippen LogP contribution in [0, 0.1) is 5.92 Å². The summed E-state index contributed by atoms with van der Waals surface area (Å²) in [5.41, 5.74) is 0.961. The molecule has 2 N–H and O–H groups in total. The lowest BCUT2D eigenvalue weighted by molar-refractivity contribution is 0.0827. The van der Waals surface area contributed by atoms with Gasteiger partial charge in [-0.15, -0.1) is 0 Å². The lowest BCUT2D eigenvalue weighted by atomic mass is 10.0. The molecule has 0 aromatic heterocycles. The lowest BCUT2D eigenvalue weighted by Crippen LogP contribution is -2.36. The van der Waals surface area contributed by atoms with Crippen LogP contribution in [-0.2, 0) is 0 Å². The SMILES string of the molecule is COc1ccc(C(=O)N(C)C)cc1NC(=O)N[C@H](C)CCC(C)C. The molecule has 1 atom stereocenters. The number of methoxy groups -OCH3 is 1. The fraction of sp³-hybridized carbons (Fsp3) is 0.556. The van der Waals surface area contributed by atoms with Crippen LogP contribution < -0.4 is 15.4 Å². The monoisotopic (exact) mass is 335 g/mol. The first-order valence-corrected chi connectivity index (χ1v) is 8.21. The Bertz CT molecular complexity index is 571. The largest absolute Gasteiger partial charge is 0.495 e. The average molecular weight is 335 g/mol. The molecule has 6 nitrogen and oxygen atoms in total. The molecule has 0 unspecified atom stereocenters. The number of anilines is 1. The van der Waals surface area contributed by atoms with Crippen LogP contribution in [-0.4, -0.2) is 44.1 Å². The Labute approximate surface area is 144 Å². The first-order chi connectivity index (χ1) is 11.2. The summed E-state index contributed by atoms with van der Waals surface area (Å²) in [7, 11) is 4.89. The van der Waals surface area contributed by atoms with E-state index in [1.165, 1.54) is 12.0 Å². The number of hydrogen-bond donors (Lipinski definition) is 2. The molecule has 24 heavy (non-hydrogen) atoms. The Hall–Kier alpha value is -2.24. The number of nitrogens with zero attached hydrogens (tertiary/aromatic N) is 1. The van der Waals surface area contributed by atoms with E-state index in [9.17, 15) is 9.59 Å². The zero-order valence-electron chi connectivity index (χ0n) is 15.5. The van der Waals surface area contributed by atoms with Gasteiger partial charge in [0.15, 0.2) is 0 Å². The summed E-state index contributed by atoms with van der Waals surface area (Å²) in [5, 5.41) is 5.67. The Kier molecular flexibility index (Phi) is 7.55. The van der Waals surface area contributed by atoms with E-state index in [1.807, 2.05) is 6.92 Å². The molecule has 0 fully saturated rings. The number of nitrogens with one attached hydrogen (secondary N) is 2. The second kappa shape index (κ2) is 9.15. The minimum Gasteiger partial charge on any atom is -0.495 e. The normalized spacial score (nSPS) is 11.8. The number of ether oxygens (including phenoxy) is 1. The summed E-state index contributed by atoms with van der Waals surface area (Å²) in [6.45, 7) is 6.29. The number of carbonyl (C=O) groups is 2. The molecule has 0 saturated carbocycles. The predicted octanol–water partition coefficient (Wildman–Crippen LogP) is 3.34.